The molecule has 2 aromatic carbocycles. The third-order valence-electron chi connectivity index (χ3n) is 6.42. The van der Waals surface area contributed by atoms with E-state index in [9.17, 15) is 13.2 Å². The number of hydrogen-bond acceptors (Lipinski definition) is 4. The summed E-state index contributed by atoms with van der Waals surface area (Å²) in [6.07, 6.45) is 2.26. The summed E-state index contributed by atoms with van der Waals surface area (Å²) in [6.45, 7) is 2.22. The molecule has 0 spiro atoms. The van der Waals surface area contributed by atoms with Crippen molar-refractivity contribution in [1.82, 2.24) is 9.21 Å². The van der Waals surface area contributed by atoms with Crippen LogP contribution < -0.4 is 0 Å². The maximum atomic E-state index is 13.7. The number of benzene rings is 2. The van der Waals surface area contributed by atoms with Crippen molar-refractivity contribution in [2.24, 2.45) is 0 Å². The zero-order chi connectivity index (χ0) is 24.0. The molecule has 5 rings (SSSR count). The molecule has 1 aliphatic heterocycles. The number of carbonyl (C=O) groups is 1. The lowest BCUT2D eigenvalue weighted by Crippen LogP contribution is -2.47. The molecule has 1 aliphatic carbocycles. The second-order valence-corrected chi connectivity index (χ2v) is 12.5. The molecule has 1 saturated carbocycles. The minimum Gasteiger partial charge on any atom is -0.330 e. The number of aryl methyl sites for hydroxylation is 1. The Hall–Kier alpha value is -1.90. The molecule has 2 aliphatic rings. The van der Waals surface area contributed by atoms with Gasteiger partial charge in [-0.3, -0.25) is 4.79 Å². The van der Waals surface area contributed by atoms with Crippen molar-refractivity contribution in [2.45, 2.75) is 43.2 Å². The quantitative estimate of drug-likeness (QED) is 0.408. The molecule has 0 saturated heterocycles. The number of sulfonamides is 1. The van der Waals surface area contributed by atoms with E-state index in [0.717, 1.165) is 36.0 Å². The summed E-state index contributed by atoms with van der Waals surface area (Å²) in [5, 5.41) is 3.03. The third-order valence-corrected chi connectivity index (χ3v) is 9.89. The van der Waals surface area contributed by atoms with Gasteiger partial charge in [-0.2, -0.15) is 4.31 Å². The second-order valence-electron chi connectivity index (χ2n) is 8.80. The molecule has 178 valence electrons. The van der Waals surface area contributed by atoms with E-state index in [4.69, 9.17) is 23.2 Å². The standard InChI is InChI=1S/C25H24Cl2N2O3S2/c1-16-2-7-19(8-3-16)34(31,32)29(18-5-6-18)15-24(30)28-12-10-23-21(11-13-33-23)25(28)20-9-4-17(26)14-22(20)27/h2-4,7-9,11,13-14,18,25H,5-6,10,12,15H2,1H3. The van der Waals surface area contributed by atoms with E-state index >= 15 is 0 Å². The van der Waals surface area contributed by atoms with Gasteiger partial charge in [0, 0.05) is 27.5 Å². The average molecular weight is 536 g/mol. The molecule has 5 nitrogen and oxygen atoms in total. The Bertz CT molecular complexity index is 1330. The Morgan fingerprint density at radius 1 is 1.09 bits per heavy atom. The van der Waals surface area contributed by atoms with E-state index in [0.29, 0.717) is 16.6 Å². The number of fused-ring (bicyclic) bond motifs is 1. The summed E-state index contributed by atoms with van der Waals surface area (Å²) >= 11 is 14.4. The van der Waals surface area contributed by atoms with Gasteiger partial charge in [0.15, 0.2) is 0 Å². The first kappa shape index (κ1) is 23.8. The molecule has 9 heteroatoms. The Morgan fingerprint density at radius 2 is 1.82 bits per heavy atom. The van der Waals surface area contributed by atoms with Crippen molar-refractivity contribution in [2.75, 3.05) is 13.1 Å². The number of rotatable bonds is 6. The van der Waals surface area contributed by atoms with Crippen LogP contribution in [0, 0.1) is 6.92 Å². The normalized spacial score (nSPS) is 18.2. The second kappa shape index (κ2) is 9.28. The van der Waals surface area contributed by atoms with Crippen LogP contribution in [0.15, 0.2) is 58.8 Å². The highest BCUT2D eigenvalue weighted by atomic mass is 35.5. The van der Waals surface area contributed by atoms with Crippen molar-refractivity contribution < 1.29 is 13.2 Å². The summed E-state index contributed by atoms with van der Waals surface area (Å²) in [5.74, 6) is -0.226. The highest BCUT2D eigenvalue weighted by molar-refractivity contribution is 7.89. The minimum absolute atomic E-state index is 0.144. The van der Waals surface area contributed by atoms with Crippen LogP contribution in [0.1, 0.15) is 40.5 Å². The fraction of sp³-hybridized carbons (Fsp3) is 0.320. The van der Waals surface area contributed by atoms with Crippen LogP contribution in [0.3, 0.4) is 0 Å². The molecule has 0 N–H and O–H groups in total. The Morgan fingerprint density at radius 3 is 2.50 bits per heavy atom. The molecule has 1 amide bonds. The van der Waals surface area contributed by atoms with E-state index in [-0.39, 0.29) is 29.4 Å². The van der Waals surface area contributed by atoms with Gasteiger partial charge in [-0.25, -0.2) is 8.42 Å². The van der Waals surface area contributed by atoms with Gasteiger partial charge in [0.1, 0.15) is 0 Å². The minimum atomic E-state index is -3.79. The lowest BCUT2D eigenvalue weighted by atomic mass is 9.93. The van der Waals surface area contributed by atoms with Crippen LogP contribution in [0.2, 0.25) is 10.0 Å². The van der Waals surface area contributed by atoms with E-state index < -0.39 is 10.0 Å². The van der Waals surface area contributed by atoms with Crippen LogP contribution in [0.4, 0.5) is 0 Å². The molecular formula is C25H24Cl2N2O3S2. The fourth-order valence-electron chi connectivity index (χ4n) is 4.49. The van der Waals surface area contributed by atoms with Gasteiger partial charge in [0.25, 0.3) is 0 Å². The maximum Gasteiger partial charge on any atom is 0.243 e. The van der Waals surface area contributed by atoms with Crippen LogP contribution in [-0.4, -0.2) is 42.7 Å². The molecule has 34 heavy (non-hydrogen) atoms. The molecule has 0 radical (unpaired) electrons. The summed E-state index contributed by atoms with van der Waals surface area (Å²) < 4.78 is 28.3. The van der Waals surface area contributed by atoms with Gasteiger partial charge >= 0.3 is 0 Å². The monoisotopic (exact) mass is 534 g/mol. The summed E-state index contributed by atoms with van der Waals surface area (Å²) in [5.41, 5.74) is 2.81. The van der Waals surface area contributed by atoms with Crippen molar-refractivity contribution in [3.63, 3.8) is 0 Å². The van der Waals surface area contributed by atoms with E-state index in [2.05, 4.69) is 0 Å². The first-order valence-electron chi connectivity index (χ1n) is 11.1. The molecule has 1 aromatic heterocycles. The zero-order valence-corrected chi connectivity index (χ0v) is 21.7. The summed E-state index contributed by atoms with van der Waals surface area (Å²) in [4.78, 5) is 16.9. The number of carbonyl (C=O) groups excluding carboxylic acids is 1. The molecule has 0 bridgehead atoms. The van der Waals surface area contributed by atoms with Gasteiger partial charge in [0.05, 0.1) is 17.5 Å². The van der Waals surface area contributed by atoms with Crippen molar-refractivity contribution in [3.8, 4) is 0 Å². The molecule has 3 aromatic rings. The first-order valence-corrected chi connectivity index (χ1v) is 14.2. The van der Waals surface area contributed by atoms with Crippen LogP contribution in [0.5, 0.6) is 0 Å². The number of amides is 1. The third kappa shape index (κ3) is 4.52. The lowest BCUT2D eigenvalue weighted by Gasteiger charge is -2.38. The Labute approximate surface area is 214 Å². The van der Waals surface area contributed by atoms with E-state index in [1.165, 1.54) is 9.18 Å². The summed E-state index contributed by atoms with van der Waals surface area (Å²) in [6, 6.07) is 13.6. The van der Waals surface area contributed by atoms with Gasteiger partial charge < -0.3 is 4.90 Å². The Balaban J connectivity index is 1.48. The van der Waals surface area contributed by atoms with E-state index in [1.807, 2.05) is 24.4 Å². The van der Waals surface area contributed by atoms with Crippen LogP contribution in [-0.2, 0) is 21.2 Å². The van der Waals surface area contributed by atoms with Crippen molar-refractivity contribution in [1.29, 1.82) is 0 Å². The van der Waals surface area contributed by atoms with Crippen LogP contribution in [0.25, 0.3) is 0 Å². The van der Waals surface area contributed by atoms with Crippen molar-refractivity contribution in [3.05, 3.63) is 85.5 Å². The van der Waals surface area contributed by atoms with Gasteiger partial charge in [0.2, 0.25) is 15.9 Å². The maximum absolute atomic E-state index is 13.7. The van der Waals surface area contributed by atoms with Gasteiger partial charge in [-0.15, -0.1) is 11.3 Å². The Kier molecular flexibility index (Phi) is 6.50. The zero-order valence-electron chi connectivity index (χ0n) is 18.6. The number of nitrogens with zero attached hydrogens (tertiary/aromatic N) is 2. The number of hydrogen-bond donors (Lipinski definition) is 0. The van der Waals surface area contributed by atoms with E-state index in [1.54, 1.807) is 52.6 Å². The first-order chi connectivity index (χ1) is 16.3. The van der Waals surface area contributed by atoms with Crippen molar-refractivity contribution >= 4 is 50.5 Å². The summed E-state index contributed by atoms with van der Waals surface area (Å²) in [7, 11) is -3.79. The lowest BCUT2D eigenvalue weighted by molar-refractivity contribution is -0.133. The predicted molar refractivity (Wildman–Crippen MR) is 136 cm³/mol. The molecule has 1 fully saturated rings. The number of thiophene rings is 1. The molecule has 2 heterocycles. The predicted octanol–water partition coefficient (Wildman–Crippen LogP) is 5.69. The van der Waals surface area contributed by atoms with Gasteiger partial charge in [-0.1, -0.05) is 47.0 Å². The van der Waals surface area contributed by atoms with Gasteiger partial charge in [-0.05, 0) is 73.0 Å². The topological polar surface area (TPSA) is 57.7 Å². The average Bonchev–Trinajstić information content (AvgIpc) is 3.52. The fourth-order valence-corrected chi connectivity index (χ4v) is 7.54. The highest BCUT2D eigenvalue weighted by Crippen LogP contribution is 2.41. The molecule has 1 unspecified atom stereocenters. The SMILES string of the molecule is Cc1ccc(S(=O)(=O)N(CC(=O)N2CCc3sccc3C2c2ccc(Cl)cc2Cl)C2CC2)cc1. The van der Waals surface area contributed by atoms with Crippen LogP contribution >= 0.6 is 34.5 Å². The largest absolute Gasteiger partial charge is 0.330 e. The molecule has 1 atom stereocenters. The highest BCUT2D eigenvalue weighted by Gasteiger charge is 2.42. The smallest absolute Gasteiger partial charge is 0.243 e. The molecular weight excluding hydrogens is 511 g/mol. The number of halogens is 2.